The lowest BCUT2D eigenvalue weighted by Gasteiger charge is -2.10. The van der Waals surface area contributed by atoms with Crippen LogP contribution in [-0.2, 0) is 14.3 Å². The Hall–Kier alpha value is -1.89. The maximum absolute atomic E-state index is 11.9. The van der Waals surface area contributed by atoms with E-state index < -0.39 is 0 Å². The molecule has 1 amide bonds. The Morgan fingerprint density at radius 3 is 2.90 bits per heavy atom. The van der Waals surface area contributed by atoms with Crippen LogP contribution in [0.15, 0.2) is 18.2 Å². The van der Waals surface area contributed by atoms with Crippen LogP contribution in [0.1, 0.15) is 13.3 Å². The molecule has 114 valence electrons. The molecule has 1 N–H and O–H groups in total. The number of carbonyl (C=O) groups is 2. The van der Waals surface area contributed by atoms with Crippen LogP contribution in [0.3, 0.4) is 0 Å². The van der Waals surface area contributed by atoms with Crippen LogP contribution in [0.2, 0.25) is 0 Å². The average Bonchev–Trinajstić information content (AvgIpc) is 2.92. The Bertz CT molecular complexity index is 534. The van der Waals surface area contributed by atoms with Gasteiger partial charge in [0.15, 0.2) is 11.5 Å². The van der Waals surface area contributed by atoms with Gasteiger partial charge in [0.05, 0.1) is 19.3 Å². The summed E-state index contributed by atoms with van der Waals surface area (Å²) in [6.45, 7) is 2.09. The lowest BCUT2D eigenvalue weighted by molar-refractivity contribution is -0.140. The molecule has 1 aromatic carbocycles. The molecule has 1 aliphatic heterocycles. The zero-order valence-electron chi connectivity index (χ0n) is 11.9. The molecule has 0 saturated carbocycles. The summed E-state index contributed by atoms with van der Waals surface area (Å²) in [6.07, 6.45) is 0.290. The number of rotatable bonds is 6. The van der Waals surface area contributed by atoms with E-state index in [9.17, 15) is 9.59 Å². The standard InChI is InChI=1S/C14H17NO5S/c1-9(5-14(17)18-2)21-7-13(16)15-10-3-4-11-12(6-10)20-8-19-11/h3-4,6,9H,5,7-8H2,1-2H3,(H,15,16). The van der Waals surface area contributed by atoms with E-state index in [4.69, 9.17) is 9.47 Å². The highest BCUT2D eigenvalue weighted by atomic mass is 32.2. The normalized spacial score (nSPS) is 13.6. The predicted octanol–water partition coefficient (Wildman–Crippen LogP) is 2.04. The summed E-state index contributed by atoms with van der Waals surface area (Å²) in [6, 6.07) is 5.24. The molecule has 1 aromatic rings. The van der Waals surface area contributed by atoms with Gasteiger partial charge < -0.3 is 19.5 Å². The van der Waals surface area contributed by atoms with Crippen LogP contribution in [-0.4, -0.2) is 36.8 Å². The van der Waals surface area contributed by atoms with Crippen molar-refractivity contribution < 1.29 is 23.8 Å². The van der Waals surface area contributed by atoms with Crippen LogP contribution in [0.25, 0.3) is 0 Å². The number of ether oxygens (including phenoxy) is 3. The van der Waals surface area contributed by atoms with Gasteiger partial charge >= 0.3 is 5.97 Å². The Balaban J connectivity index is 1.78. The molecule has 0 aromatic heterocycles. The van der Waals surface area contributed by atoms with Gasteiger partial charge in [-0.2, -0.15) is 0 Å². The second kappa shape index (κ2) is 7.21. The number of anilines is 1. The van der Waals surface area contributed by atoms with Crippen molar-refractivity contribution in [2.24, 2.45) is 0 Å². The first kappa shape index (κ1) is 15.5. The molecule has 7 heteroatoms. The SMILES string of the molecule is COC(=O)CC(C)SCC(=O)Nc1ccc2c(c1)OCO2. The highest BCUT2D eigenvalue weighted by molar-refractivity contribution is 8.00. The van der Waals surface area contributed by atoms with Crippen LogP contribution < -0.4 is 14.8 Å². The first-order chi connectivity index (χ1) is 10.1. The molecule has 21 heavy (non-hydrogen) atoms. The zero-order valence-corrected chi connectivity index (χ0v) is 12.7. The summed E-state index contributed by atoms with van der Waals surface area (Å²) < 4.78 is 15.0. The Kier molecular flexibility index (Phi) is 5.32. The van der Waals surface area contributed by atoms with E-state index in [2.05, 4.69) is 10.1 Å². The number of hydrogen-bond donors (Lipinski definition) is 1. The molecule has 1 unspecified atom stereocenters. The van der Waals surface area contributed by atoms with E-state index in [1.807, 2.05) is 6.92 Å². The quantitative estimate of drug-likeness (QED) is 0.810. The van der Waals surface area contributed by atoms with E-state index >= 15 is 0 Å². The molecular weight excluding hydrogens is 294 g/mol. The summed E-state index contributed by atoms with van der Waals surface area (Å²) in [5, 5.41) is 2.81. The summed E-state index contributed by atoms with van der Waals surface area (Å²) >= 11 is 1.40. The molecule has 6 nitrogen and oxygen atoms in total. The van der Waals surface area contributed by atoms with Crippen molar-refractivity contribution in [3.63, 3.8) is 0 Å². The van der Waals surface area contributed by atoms with Crippen LogP contribution in [0.5, 0.6) is 11.5 Å². The van der Waals surface area contributed by atoms with Crippen molar-refractivity contribution in [3.05, 3.63) is 18.2 Å². The zero-order chi connectivity index (χ0) is 15.2. The minimum atomic E-state index is -0.272. The predicted molar refractivity (Wildman–Crippen MR) is 79.7 cm³/mol. The van der Waals surface area contributed by atoms with E-state index in [1.54, 1.807) is 18.2 Å². The summed E-state index contributed by atoms with van der Waals surface area (Å²) in [5.74, 6) is 1.17. The minimum Gasteiger partial charge on any atom is -0.469 e. The molecule has 1 aliphatic rings. The van der Waals surface area contributed by atoms with Gasteiger partial charge in [0.2, 0.25) is 12.7 Å². The van der Waals surface area contributed by atoms with E-state index in [-0.39, 0.29) is 29.7 Å². The molecule has 1 atom stereocenters. The largest absolute Gasteiger partial charge is 0.469 e. The van der Waals surface area contributed by atoms with Crippen molar-refractivity contribution in [3.8, 4) is 11.5 Å². The van der Waals surface area contributed by atoms with Crippen LogP contribution in [0, 0.1) is 0 Å². The molecule has 2 rings (SSSR count). The monoisotopic (exact) mass is 311 g/mol. The van der Waals surface area contributed by atoms with E-state index in [0.717, 1.165) is 0 Å². The summed E-state index contributed by atoms with van der Waals surface area (Å²) in [5.41, 5.74) is 0.658. The van der Waals surface area contributed by atoms with Crippen molar-refractivity contribution in [2.75, 3.05) is 25.0 Å². The number of methoxy groups -OCH3 is 1. The summed E-state index contributed by atoms with van der Waals surface area (Å²) in [4.78, 5) is 23.0. The van der Waals surface area contributed by atoms with Gasteiger partial charge in [-0.25, -0.2) is 0 Å². The highest BCUT2D eigenvalue weighted by Crippen LogP contribution is 2.34. The maximum atomic E-state index is 11.9. The second-order valence-corrected chi connectivity index (χ2v) is 5.94. The average molecular weight is 311 g/mol. The second-order valence-electron chi connectivity index (χ2n) is 4.52. The van der Waals surface area contributed by atoms with Gasteiger partial charge in [0.25, 0.3) is 0 Å². The molecule has 0 aliphatic carbocycles. The lowest BCUT2D eigenvalue weighted by atomic mass is 10.3. The van der Waals surface area contributed by atoms with E-state index in [0.29, 0.717) is 23.6 Å². The number of thioether (sulfide) groups is 1. The third-order valence-corrected chi connectivity index (χ3v) is 4.00. The third kappa shape index (κ3) is 4.56. The van der Waals surface area contributed by atoms with Crippen molar-refractivity contribution in [2.45, 2.75) is 18.6 Å². The van der Waals surface area contributed by atoms with Crippen LogP contribution in [0.4, 0.5) is 5.69 Å². The number of amides is 1. The molecular formula is C14H17NO5S. The highest BCUT2D eigenvalue weighted by Gasteiger charge is 2.15. The van der Waals surface area contributed by atoms with Crippen molar-refractivity contribution in [1.29, 1.82) is 0 Å². The topological polar surface area (TPSA) is 73.9 Å². The number of esters is 1. The van der Waals surface area contributed by atoms with Gasteiger partial charge in [-0.05, 0) is 12.1 Å². The molecule has 0 fully saturated rings. The smallest absolute Gasteiger partial charge is 0.306 e. The van der Waals surface area contributed by atoms with Crippen molar-refractivity contribution >= 4 is 29.3 Å². The molecule has 0 saturated heterocycles. The molecule has 0 spiro atoms. The molecule has 0 radical (unpaired) electrons. The molecule has 0 bridgehead atoms. The number of hydrogen-bond acceptors (Lipinski definition) is 6. The van der Waals surface area contributed by atoms with Crippen molar-refractivity contribution in [1.82, 2.24) is 0 Å². The number of nitrogens with one attached hydrogen (secondary N) is 1. The Labute approximate surface area is 127 Å². The van der Waals surface area contributed by atoms with Gasteiger partial charge in [0, 0.05) is 17.0 Å². The van der Waals surface area contributed by atoms with Gasteiger partial charge in [-0.1, -0.05) is 6.92 Å². The first-order valence-corrected chi connectivity index (χ1v) is 7.51. The fraction of sp³-hybridized carbons (Fsp3) is 0.429. The third-order valence-electron chi connectivity index (χ3n) is 2.84. The number of benzene rings is 1. The fourth-order valence-electron chi connectivity index (χ4n) is 1.77. The number of fused-ring (bicyclic) bond motifs is 1. The Morgan fingerprint density at radius 1 is 1.38 bits per heavy atom. The summed E-state index contributed by atoms with van der Waals surface area (Å²) in [7, 11) is 1.35. The van der Waals surface area contributed by atoms with Crippen LogP contribution >= 0.6 is 11.8 Å². The van der Waals surface area contributed by atoms with E-state index in [1.165, 1.54) is 18.9 Å². The van der Waals surface area contributed by atoms with Gasteiger partial charge in [-0.3, -0.25) is 9.59 Å². The minimum absolute atomic E-state index is 0.0277. The van der Waals surface area contributed by atoms with Gasteiger partial charge in [-0.15, -0.1) is 11.8 Å². The van der Waals surface area contributed by atoms with Gasteiger partial charge in [0.1, 0.15) is 0 Å². The fourth-order valence-corrected chi connectivity index (χ4v) is 2.53. The molecule has 1 heterocycles. The maximum Gasteiger partial charge on any atom is 0.306 e. The Morgan fingerprint density at radius 2 is 2.14 bits per heavy atom. The first-order valence-electron chi connectivity index (χ1n) is 6.46. The lowest BCUT2D eigenvalue weighted by Crippen LogP contribution is -2.17. The number of carbonyl (C=O) groups excluding carboxylic acids is 2.